The van der Waals surface area contributed by atoms with Crippen molar-refractivity contribution < 1.29 is 18.0 Å². The van der Waals surface area contributed by atoms with Crippen LogP contribution in [-0.4, -0.2) is 24.2 Å². The summed E-state index contributed by atoms with van der Waals surface area (Å²) in [6, 6.07) is 7.39. The van der Waals surface area contributed by atoms with Crippen LogP contribution in [0, 0.1) is 0 Å². The van der Waals surface area contributed by atoms with Gasteiger partial charge in [-0.3, -0.25) is 4.79 Å². The molecule has 0 aromatic heterocycles. The zero-order chi connectivity index (χ0) is 16.1. The molecule has 0 aliphatic heterocycles. The van der Waals surface area contributed by atoms with Crippen molar-refractivity contribution in [3.8, 4) is 0 Å². The highest BCUT2D eigenvalue weighted by molar-refractivity contribution is 5.78. The number of benzene rings is 1. The van der Waals surface area contributed by atoms with E-state index in [0.29, 0.717) is 5.56 Å². The van der Waals surface area contributed by atoms with E-state index < -0.39 is 24.2 Å². The maximum Gasteiger partial charge on any atom is 0.390 e. The van der Waals surface area contributed by atoms with E-state index in [0.717, 1.165) is 0 Å². The fourth-order valence-corrected chi connectivity index (χ4v) is 1.90. The number of nitrogens with one attached hydrogen (secondary N) is 2. The number of carbonyl (C=O) groups is 1. The Kier molecular flexibility index (Phi) is 5.78. The first kappa shape index (κ1) is 17.5. The maximum atomic E-state index is 12.6. The number of amides is 1. The summed E-state index contributed by atoms with van der Waals surface area (Å²) < 4.78 is 37.9. The Morgan fingerprint density at radius 3 is 2.19 bits per heavy atom. The Morgan fingerprint density at radius 1 is 1.14 bits per heavy atom. The van der Waals surface area contributed by atoms with Crippen LogP contribution in [0.25, 0.3) is 0 Å². The standard InChI is InChI=1S/C15H21F3N2O/c1-14(2,3)20-13(21)10-19-12(9-15(16,17)18)11-7-5-4-6-8-11/h4-8,12,19H,9-10H2,1-3H3,(H,20,21). The summed E-state index contributed by atoms with van der Waals surface area (Å²) in [4.78, 5) is 11.7. The third-order valence-corrected chi connectivity index (χ3v) is 2.66. The molecule has 0 spiro atoms. The van der Waals surface area contributed by atoms with Crippen molar-refractivity contribution in [2.75, 3.05) is 6.54 Å². The van der Waals surface area contributed by atoms with E-state index in [1.165, 1.54) is 0 Å². The fraction of sp³-hybridized carbons (Fsp3) is 0.533. The minimum absolute atomic E-state index is 0.160. The van der Waals surface area contributed by atoms with E-state index in [1.807, 2.05) is 20.8 Å². The Bertz CT molecular complexity index is 452. The molecule has 0 aliphatic carbocycles. The second-order valence-corrected chi connectivity index (χ2v) is 5.96. The minimum Gasteiger partial charge on any atom is -0.350 e. The molecule has 1 atom stereocenters. The molecule has 0 bridgehead atoms. The second-order valence-electron chi connectivity index (χ2n) is 5.96. The van der Waals surface area contributed by atoms with Crippen LogP contribution in [0.2, 0.25) is 0 Å². The number of hydrogen-bond donors (Lipinski definition) is 2. The van der Waals surface area contributed by atoms with Crippen molar-refractivity contribution in [2.45, 2.75) is 44.9 Å². The van der Waals surface area contributed by atoms with Gasteiger partial charge in [0.05, 0.1) is 13.0 Å². The largest absolute Gasteiger partial charge is 0.390 e. The minimum atomic E-state index is -4.30. The lowest BCUT2D eigenvalue weighted by Crippen LogP contribution is -2.45. The predicted molar refractivity (Wildman–Crippen MR) is 75.8 cm³/mol. The summed E-state index contributed by atoms with van der Waals surface area (Å²) in [5, 5.41) is 5.39. The predicted octanol–water partition coefficient (Wildman–Crippen LogP) is 3.18. The molecule has 0 saturated heterocycles. The van der Waals surface area contributed by atoms with Gasteiger partial charge in [-0.2, -0.15) is 13.2 Å². The van der Waals surface area contributed by atoms with Gasteiger partial charge in [-0.05, 0) is 26.3 Å². The van der Waals surface area contributed by atoms with Gasteiger partial charge in [0, 0.05) is 11.6 Å². The van der Waals surface area contributed by atoms with Gasteiger partial charge in [0.2, 0.25) is 5.91 Å². The molecule has 118 valence electrons. The first-order valence-electron chi connectivity index (χ1n) is 6.73. The Labute approximate surface area is 122 Å². The summed E-state index contributed by atoms with van der Waals surface area (Å²) in [6.45, 7) is 5.28. The van der Waals surface area contributed by atoms with Crippen LogP contribution >= 0.6 is 0 Å². The smallest absolute Gasteiger partial charge is 0.350 e. The molecule has 0 heterocycles. The van der Waals surface area contributed by atoms with Gasteiger partial charge < -0.3 is 10.6 Å². The number of alkyl halides is 3. The van der Waals surface area contributed by atoms with Gasteiger partial charge in [0.25, 0.3) is 0 Å². The highest BCUT2D eigenvalue weighted by Gasteiger charge is 2.32. The number of halogens is 3. The summed E-state index contributed by atoms with van der Waals surface area (Å²) in [7, 11) is 0. The van der Waals surface area contributed by atoms with Crippen LogP contribution < -0.4 is 10.6 Å². The van der Waals surface area contributed by atoms with Crippen LogP contribution in [0.5, 0.6) is 0 Å². The maximum absolute atomic E-state index is 12.6. The first-order valence-corrected chi connectivity index (χ1v) is 6.73. The average Bonchev–Trinajstić information content (AvgIpc) is 2.32. The van der Waals surface area contributed by atoms with Crippen molar-refractivity contribution in [3.63, 3.8) is 0 Å². The monoisotopic (exact) mass is 302 g/mol. The molecule has 6 heteroatoms. The molecule has 21 heavy (non-hydrogen) atoms. The van der Waals surface area contributed by atoms with Crippen LogP contribution in [0.15, 0.2) is 30.3 Å². The molecule has 1 aromatic carbocycles. The topological polar surface area (TPSA) is 41.1 Å². The van der Waals surface area contributed by atoms with Gasteiger partial charge in [0.1, 0.15) is 0 Å². The summed E-state index contributed by atoms with van der Waals surface area (Å²) in [6.07, 6.45) is -5.31. The van der Waals surface area contributed by atoms with Crippen molar-refractivity contribution in [3.05, 3.63) is 35.9 Å². The summed E-state index contributed by atoms with van der Waals surface area (Å²) in [5.41, 5.74) is 0.101. The molecular formula is C15H21F3N2O. The lowest BCUT2D eigenvalue weighted by atomic mass is 10.0. The molecular weight excluding hydrogens is 281 g/mol. The third kappa shape index (κ3) is 7.70. The van der Waals surface area contributed by atoms with Crippen LogP contribution in [0.4, 0.5) is 13.2 Å². The fourth-order valence-electron chi connectivity index (χ4n) is 1.90. The van der Waals surface area contributed by atoms with Gasteiger partial charge in [-0.25, -0.2) is 0 Å². The SMILES string of the molecule is CC(C)(C)NC(=O)CNC(CC(F)(F)F)c1ccccc1. The average molecular weight is 302 g/mol. The van der Waals surface area contributed by atoms with E-state index in [-0.39, 0.29) is 12.5 Å². The van der Waals surface area contributed by atoms with Crippen LogP contribution in [0.1, 0.15) is 38.8 Å². The summed E-state index contributed by atoms with van der Waals surface area (Å²) >= 11 is 0. The van der Waals surface area contributed by atoms with Gasteiger partial charge >= 0.3 is 6.18 Å². The molecule has 0 fully saturated rings. The van der Waals surface area contributed by atoms with Crippen molar-refractivity contribution in [1.29, 1.82) is 0 Å². The highest BCUT2D eigenvalue weighted by atomic mass is 19.4. The molecule has 1 aromatic rings. The number of carbonyl (C=O) groups excluding carboxylic acids is 1. The first-order chi connectivity index (χ1) is 9.57. The molecule has 0 radical (unpaired) electrons. The molecule has 3 nitrogen and oxygen atoms in total. The number of hydrogen-bond acceptors (Lipinski definition) is 2. The lowest BCUT2D eigenvalue weighted by Gasteiger charge is -2.23. The molecule has 2 N–H and O–H groups in total. The van der Waals surface area contributed by atoms with E-state index in [4.69, 9.17) is 0 Å². The normalized spacial score (nSPS) is 13.8. The van der Waals surface area contributed by atoms with Crippen molar-refractivity contribution in [2.24, 2.45) is 0 Å². The van der Waals surface area contributed by atoms with Crippen molar-refractivity contribution >= 4 is 5.91 Å². The molecule has 1 rings (SSSR count). The lowest BCUT2D eigenvalue weighted by molar-refractivity contribution is -0.141. The molecule has 0 aliphatic rings. The zero-order valence-electron chi connectivity index (χ0n) is 12.4. The Balaban J connectivity index is 2.69. The van der Waals surface area contributed by atoms with E-state index in [9.17, 15) is 18.0 Å². The van der Waals surface area contributed by atoms with Gasteiger partial charge in [-0.1, -0.05) is 30.3 Å². The second kappa shape index (κ2) is 6.93. The number of rotatable bonds is 5. The van der Waals surface area contributed by atoms with Gasteiger partial charge in [-0.15, -0.1) is 0 Å². The van der Waals surface area contributed by atoms with Gasteiger partial charge in [0.15, 0.2) is 0 Å². The van der Waals surface area contributed by atoms with E-state index >= 15 is 0 Å². The van der Waals surface area contributed by atoms with Crippen LogP contribution in [0.3, 0.4) is 0 Å². The Morgan fingerprint density at radius 2 is 1.71 bits per heavy atom. The summed E-state index contributed by atoms with van der Waals surface area (Å²) in [5.74, 6) is -0.328. The van der Waals surface area contributed by atoms with E-state index in [2.05, 4.69) is 10.6 Å². The zero-order valence-corrected chi connectivity index (χ0v) is 12.4. The quantitative estimate of drug-likeness (QED) is 0.877. The highest BCUT2D eigenvalue weighted by Crippen LogP contribution is 2.29. The van der Waals surface area contributed by atoms with Crippen LogP contribution in [-0.2, 0) is 4.79 Å². The molecule has 1 amide bonds. The Hall–Kier alpha value is -1.56. The van der Waals surface area contributed by atoms with E-state index in [1.54, 1.807) is 30.3 Å². The molecule has 0 saturated carbocycles. The molecule has 1 unspecified atom stereocenters. The third-order valence-electron chi connectivity index (χ3n) is 2.66. The van der Waals surface area contributed by atoms with Crippen molar-refractivity contribution in [1.82, 2.24) is 10.6 Å².